The van der Waals surface area contributed by atoms with Crippen LogP contribution >= 0.6 is 11.6 Å². The first-order valence-electron chi connectivity index (χ1n) is 9.35. The maximum atomic E-state index is 6.10. The van der Waals surface area contributed by atoms with Gasteiger partial charge in [-0.15, -0.1) is 10.2 Å². The molecule has 0 saturated carbocycles. The topological polar surface area (TPSA) is 85.8 Å². The first-order valence-corrected chi connectivity index (χ1v) is 9.73. The summed E-state index contributed by atoms with van der Waals surface area (Å²) in [5.41, 5.74) is 2.47. The number of nitrogens with zero attached hydrogens (tertiary/aromatic N) is 7. The van der Waals surface area contributed by atoms with Crippen molar-refractivity contribution in [2.45, 2.75) is 18.9 Å². The van der Waals surface area contributed by atoms with E-state index >= 15 is 0 Å². The van der Waals surface area contributed by atoms with Crippen LogP contribution in [0.2, 0.25) is 5.02 Å². The molecule has 0 radical (unpaired) electrons. The molecule has 0 N–H and O–H groups in total. The maximum absolute atomic E-state index is 6.10. The van der Waals surface area contributed by atoms with Crippen molar-refractivity contribution in [1.29, 1.82) is 0 Å². The van der Waals surface area contributed by atoms with Gasteiger partial charge in [-0.05, 0) is 25.0 Å². The molecule has 0 aliphatic carbocycles. The highest BCUT2D eigenvalue weighted by molar-refractivity contribution is 6.30. The van der Waals surface area contributed by atoms with E-state index in [1.54, 1.807) is 18.6 Å². The van der Waals surface area contributed by atoms with Gasteiger partial charge >= 0.3 is 0 Å². The summed E-state index contributed by atoms with van der Waals surface area (Å²) in [7, 11) is 1.94. The van der Waals surface area contributed by atoms with Gasteiger partial charge < -0.3 is 9.42 Å². The van der Waals surface area contributed by atoms with E-state index < -0.39 is 0 Å². The molecule has 1 aliphatic rings. The van der Waals surface area contributed by atoms with Gasteiger partial charge in [0.05, 0.1) is 12.2 Å². The van der Waals surface area contributed by atoms with Crippen molar-refractivity contribution in [3.63, 3.8) is 0 Å². The van der Waals surface area contributed by atoms with E-state index in [-0.39, 0.29) is 6.04 Å². The van der Waals surface area contributed by atoms with Crippen LogP contribution in [0.1, 0.15) is 24.6 Å². The molecule has 146 valence electrons. The smallest absolute Gasteiger partial charge is 0.227 e. The van der Waals surface area contributed by atoms with Gasteiger partial charge in [0.15, 0.2) is 11.6 Å². The summed E-state index contributed by atoms with van der Waals surface area (Å²) in [6, 6.07) is 9.62. The quantitative estimate of drug-likeness (QED) is 0.506. The van der Waals surface area contributed by atoms with Gasteiger partial charge in [-0.25, -0.2) is 4.98 Å². The zero-order valence-electron chi connectivity index (χ0n) is 15.7. The number of hydrogen-bond donors (Lipinski definition) is 0. The highest BCUT2D eigenvalue weighted by Crippen LogP contribution is 2.37. The minimum Gasteiger partial charge on any atom is -0.356 e. The van der Waals surface area contributed by atoms with Crippen molar-refractivity contribution < 1.29 is 4.52 Å². The van der Waals surface area contributed by atoms with Gasteiger partial charge in [0.2, 0.25) is 5.95 Å². The lowest BCUT2D eigenvalue weighted by atomic mass is 10.1. The number of anilines is 1. The molecule has 0 bridgehead atoms. The molecule has 3 aromatic heterocycles. The van der Waals surface area contributed by atoms with E-state index in [9.17, 15) is 0 Å². The largest absolute Gasteiger partial charge is 0.356 e. The second kappa shape index (κ2) is 7.29. The van der Waals surface area contributed by atoms with E-state index in [2.05, 4.69) is 30.2 Å². The molecule has 4 heterocycles. The Kier molecular flexibility index (Phi) is 4.48. The number of aromatic nitrogens is 6. The summed E-state index contributed by atoms with van der Waals surface area (Å²) in [5.74, 6) is 2.16. The molecule has 0 unspecified atom stereocenters. The Morgan fingerprint density at radius 1 is 1.17 bits per heavy atom. The van der Waals surface area contributed by atoms with Gasteiger partial charge in [0.1, 0.15) is 11.4 Å². The predicted octanol–water partition coefficient (Wildman–Crippen LogP) is 3.92. The molecule has 29 heavy (non-hydrogen) atoms. The van der Waals surface area contributed by atoms with Crippen molar-refractivity contribution >= 4 is 17.5 Å². The molecule has 1 fully saturated rings. The zero-order valence-corrected chi connectivity index (χ0v) is 16.5. The van der Waals surface area contributed by atoms with Crippen molar-refractivity contribution in [3.8, 4) is 22.8 Å². The number of benzene rings is 1. The summed E-state index contributed by atoms with van der Waals surface area (Å²) in [6.45, 7) is 0.871. The van der Waals surface area contributed by atoms with E-state index in [0.29, 0.717) is 22.3 Å². The van der Waals surface area contributed by atoms with Gasteiger partial charge in [-0.1, -0.05) is 28.9 Å². The van der Waals surface area contributed by atoms with Crippen LogP contribution in [0.3, 0.4) is 0 Å². The second-order valence-electron chi connectivity index (χ2n) is 6.95. The Labute approximate surface area is 172 Å². The van der Waals surface area contributed by atoms with Crippen LogP contribution in [0, 0.1) is 0 Å². The predicted molar refractivity (Wildman–Crippen MR) is 108 cm³/mol. The number of hydrogen-bond acceptors (Lipinski definition) is 7. The van der Waals surface area contributed by atoms with Crippen LogP contribution < -0.4 is 4.90 Å². The first kappa shape index (κ1) is 17.8. The lowest BCUT2D eigenvalue weighted by molar-refractivity contribution is 0.416. The molecule has 1 aromatic carbocycles. The molecule has 4 aromatic rings. The molecule has 0 spiro atoms. The summed E-state index contributed by atoms with van der Waals surface area (Å²) < 4.78 is 7.56. The molecule has 8 nitrogen and oxygen atoms in total. The fourth-order valence-electron chi connectivity index (χ4n) is 3.75. The Morgan fingerprint density at radius 3 is 2.93 bits per heavy atom. The standard InChI is InChI=1S/C20H18ClN7O/c1-27-19(16-12-22-7-8-23-16)24-25-20(27)28-9-3-6-17(28)15-11-18(29-26-15)13-4-2-5-14(21)10-13/h2,4-5,7-8,10-12,17H,3,6,9H2,1H3/t17-/m0/s1. The Balaban J connectivity index is 1.45. The van der Waals surface area contributed by atoms with Crippen LogP contribution in [0.4, 0.5) is 5.95 Å². The molecule has 0 amide bonds. The maximum Gasteiger partial charge on any atom is 0.227 e. The van der Waals surface area contributed by atoms with Gasteiger partial charge in [-0.2, -0.15) is 0 Å². The van der Waals surface area contributed by atoms with Crippen molar-refractivity contribution in [3.05, 3.63) is 59.6 Å². The van der Waals surface area contributed by atoms with Crippen molar-refractivity contribution in [2.75, 3.05) is 11.4 Å². The van der Waals surface area contributed by atoms with Gasteiger partial charge in [0.25, 0.3) is 0 Å². The first-order chi connectivity index (χ1) is 14.2. The van der Waals surface area contributed by atoms with Crippen molar-refractivity contribution in [2.24, 2.45) is 7.05 Å². The fourth-order valence-corrected chi connectivity index (χ4v) is 3.94. The minimum absolute atomic E-state index is 0.0734. The molecule has 9 heteroatoms. The zero-order chi connectivity index (χ0) is 19.8. The summed E-state index contributed by atoms with van der Waals surface area (Å²) >= 11 is 6.10. The monoisotopic (exact) mass is 407 g/mol. The van der Waals surface area contributed by atoms with Crippen LogP contribution in [0.5, 0.6) is 0 Å². The minimum atomic E-state index is 0.0734. The Morgan fingerprint density at radius 2 is 2.10 bits per heavy atom. The normalized spacial score (nSPS) is 16.5. The molecule has 1 saturated heterocycles. The average Bonchev–Trinajstić information content (AvgIpc) is 3.47. The van der Waals surface area contributed by atoms with Crippen LogP contribution in [0.15, 0.2) is 53.4 Å². The van der Waals surface area contributed by atoms with E-state index in [0.717, 1.165) is 36.6 Å². The van der Waals surface area contributed by atoms with Crippen LogP contribution in [-0.4, -0.2) is 36.4 Å². The van der Waals surface area contributed by atoms with Crippen LogP contribution in [0.25, 0.3) is 22.8 Å². The Bertz CT molecular complexity index is 1140. The molecule has 1 aliphatic heterocycles. The summed E-state index contributed by atoms with van der Waals surface area (Å²) in [4.78, 5) is 10.7. The third-order valence-electron chi connectivity index (χ3n) is 5.13. The lowest BCUT2D eigenvalue weighted by Gasteiger charge is -2.23. The molecule has 1 atom stereocenters. The number of halogens is 1. The third kappa shape index (κ3) is 3.25. The van der Waals surface area contributed by atoms with E-state index in [1.165, 1.54) is 0 Å². The summed E-state index contributed by atoms with van der Waals surface area (Å²) in [6.07, 6.45) is 6.98. The number of rotatable bonds is 4. The third-order valence-corrected chi connectivity index (χ3v) is 5.37. The second-order valence-corrected chi connectivity index (χ2v) is 7.39. The summed E-state index contributed by atoms with van der Waals surface area (Å²) in [5, 5.41) is 13.8. The highest BCUT2D eigenvalue weighted by atomic mass is 35.5. The van der Waals surface area contributed by atoms with Gasteiger partial charge in [-0.3, -0.25) is 9.55 Å². The van der Waals surface area contributed by atoms with Crippen LogP contribution in [-0.2, 0) is 7.05 Å². The highest BCUT2D eigenvalue weighted by Gasteiger charge is 2.32. The Hall–Kier alpha value is -3.26. The molecule has 5 rings (SSSR count). The van der Waals surface area contributed by atoms with Crippen molar-refractivity contribution in [1.82, 2.24) is 29.9 Å². The average molecular weight is 408 g/mol. The van der Waals surface area contributed by atoms with E-state index in [4.69, 9.17) is 16.1 Å². The van der Waals surface area contributed by atoms with E-state index in [1.807, 2.05) is 41.9 Å². The SMILES string of the molecule is Cn1c(-c2cnccn2)nnc1N1CCC[C@H]1c1cc(-c2cccc(Cl)c2)on1. The molecular weight excluding hydrogens is 390 g/mol. The van der Waals surface area contributed by atoms with Gasteiger partial charge in [0, 0.05) is 42.6 Å². The fraction of sp³-hybridized carbons (Fsp3) is 0.250. The lowest BCUT2D eigenvalue weighted by Crippen LogP contribution is -2.25. The molecular formula is C20H18ClN7O.